The van der Waals surface area contributed by atoms with Crippen LogP contribution in [0.1, 0.15) is 32.3 Å². The van der Waals surface area contributed by atoms with E-state index in [1.807, 2.05) is 12.1 Å². The summed E-state index contributed by atoms with van der Waals surface area (Å²) < 4.78 is 0.803. The fourth-order valence-corrected chi connectivity index (χ4v) is 4.41. The number of thioether (sulfide) groups is 1. The van der Waals surface area contributed by atoms with E-state index in [4.69, 9.17) is 0 Å². The van der Waals surface area contributed by atoms with Crippen LogP contribution >= 0.6 is 23.1 Å². The highest BCUT2D eigenvalue weighted by Gasteiger charge is 2.12. The third-order valence-electron chi connectivity index (χ3n) is 4.24. The van der Waals surface area contributed by atoms with Crippen molar-refractivity contribution < 1.29 is 4.79 Å². The largest absolute Gasteiger partial charge is 0.360 e. The number of carbonyl (C=O) groups is 1. The maximum Gasteiger partial charge on any atom is 0.234 e. The Morgan fingerprint density at radius 2 is 1.96 bits per heavy atom. The molecule has 2 aromatic rings. The number of anilines is 2. The van der Waals surface area contributed by atoms with Crippen molar-refractivity contribution >= 4 is 39.8 Å². The summed E-state index contributed by atoms with van der Waals surface area (Å²) in [6.45, 7) is 8.54. The molecule has 1 aromatic carbocycles. The molecule has 0 radical (unpaired) electrons. The molecule has 1 aromatic heterocycles. The Hall–Kier alpha value is -1.64. The lowest BCUT2D eigenvalue weighted by Gasteiger charge is -2.14. The molecule has 27 heavy (non-hydrogen) atoms. The number of rotatable bonds is 9. The van der Waals surface area contributed by atoms with Crippen LogP contribution in [0.15, 0.2) is 28.6 Å². The molecule has 1 fully saturated rings. The molecule has 0 saturated carbocycles. The smallest absolute Gasteiger partial charge is 0.234 e. The number of benzene rings is 1. The monoisotopic (exact) mass is 405 g/mol. The summed E-state index contributed by atoms with van der Waals surface area (Å²) in [6, 6.07) is 8.15. The van der Waals surface area contributed by atoms with Gasteiger partial charge >= 0.3 is 0 Å². The summed E-state index contributed by atoms with van der Waals surface area (Å²) in [6.07, 6.45) is 2.60. The number of hydrogen-bond donors (Lipinski definition) is 2. The molecule has 3 rings (SSSR count). The van der Waals surface area contributed by atoms with Gasteiger partial charge in [-0.25, -0.2) is 0 Å². The molecule has 0 bridgehead atoms. The van der Waals surface area contributed by atoms with Crippen LogP contribution in [0.2, 0.25) is 0 Å². The lowest BCUT2D eigenvalue weighted by Crippen LogP contribution is -2.18. The van der Waals surface area contributed by atoms with Crippen LogP contribution in [0.5, 0.6) is 0 Å². The Morgan fingerprint density at radius 3 is 2.67 bits per heavy atom. The first-order chi connectivity index (χ1) is 13.1. The molecule has 0 aliphatic carbocycles. The average molecular weight is 406 g/mol. The van der Waals surface area contributed by atoms with Crippen LogP contribution in [0.4, 0.5) is 10.8 Å². The van der Waals surface area contributed by atoms with E-state index in [0.29, 0.717) is 11.7 Å². The van der Waals surface area contributed by atoms with Crippen molar-refractivity contribution in [1.82, 2.24) is 15.1 Å². The van der Waals surface area contributed by atoms with E-state index in [1.54, 1.807) is 0 Å². The van der Waals surface area contributed by atoms with Gasteiger partial charge in [0.05, 0.1) is 5.75 Å². The van der Waals surface area contributed by atoms with Crippen molar-refractivity contribution in [3.05, 3.63) is 29.8 Å². The molecule has 0 spiro atoms. The van der Waals surface area contributed by atoms with E-state index < -0.39 is 0 Å². The molecule has 8 heteroatoms. The number of hydrogen-bond acceptors (Lipinski definition) is 7. The van der Waals surface area contributed by atoms with Gasteiger partial charge in [-0.05, 0) is 49.5 Å². The summed E-state index contributed by atoms with van der Waals surface area (Å²) in [5.74, 6) is 0.852. The maximum absolute atomic E-state index is 12.2. The molecule has 6 nitrogen and oxygen atoms in total. The van der Waals surface area contributed by atoms with Crippen molar-refractivity contribution in [2.45, 2.75) is 37.6 Å². The van der Waals surface area contributed by atoms with Crippen LogP contribution in [0.3, 0.4) is 0 Å². The van der Waals surface area contributed by atoms with Gasteiger partial charge in [0.15, 0.2) is 4.34 Å². The van der Waals surface area contributed by atoms with E-state index in [9.17, 15) is 4.79 Å². The van der Waals surface area contributed by atoms with Gasteiger partial charge in [-0.15, -0.1) is 10.2 Å². The minimum absolute atomic E-state index is 0.0285. The second-order valence-corrected chi connectivity index (χ2v) is 9.36. The standard InChI is InChI=1S/C19H27N5OS2/c1-14(2)11-20-18-22-23-19(27-18)26-13-17(25)21-16-7-5-15(6-8-16)12-24-9-3-4-10-24/h5-8,14H,3-4,9-13H2,1-2H3,(H,20,22)(H,21,25). The molecular weight excluding hydrogens is 378 g/mol. The van der Waals surface area contributed by atoms with Crippen molar-refractivity contribution in [3.63, 3.8) is 0 Å². The van der Waals surface area contributed by atoms with E-state index in [0.717, 1.165) is 28.2 Å². The minimum atomic E-state index is -0.0285. The van der Waals surface area contributed by atoms with Gasteiger partial charge in [0.2, 0.25) is 11.0 Å². The molecule has 0 atom stereocenters. The Morgan fingerprint density at radius 1 is 1.22 bits per heavy atom. The molecule has 1 saturated heterocycles. The minimum Gasteiger partial charge on any atom is -0.360 e. The average Bonchev–Trinajstić information content (AvgIpc) is 3.32. The van der Waals surface area contributed by atoms with Crippen LogP contribution in [0.25, 0.3) is 0 Å². The zero-order valence-electron chi connectivity index (χ0n) is 15.9. The Kier molecular flexibility index (Phi) is 7.49. The topological polar surface area (TPSA) is 70.1 Å². The quantitative estimate of drug-likeness (QED) is 0.616. The van der Waals surface area contributed by atoms with Gasteiger partial charge in [-0.1, -0.05) is 49.1 Å². The predicted molar refractivity (Wildman–Crippen MR) is 114 cm³/mol. The Labute approximate surface area is 169 Å². The SMILES string of the molecule is CC(C)CNc1nnc(SCC(=O)Nc2ccc(CN3CCCC3)cc2)s1. The number of aromatic nitrogens is 2. The van der Waals surface area contributed by atoms with Crippen molar-refractivity contribution in [1.29, 1.82) is 0 Å². The van der Waals surface area contributed by atoms with E-state index in [1.165, 1.54) is 54.6 Å². The Balaban J connectivity index is 1.41. The molecule has 0 unspecified atom stereocenters. The highest BCUT2D eigenvalue weighted by Crippen LogP contribution is 2.25. The summed E-state index contributed by atoms with van der Waals surface area (Å²) in [5.41, 5.74) is 2.13. The normalized spacial score (nSPS) is 14.6. The number of nitrogens with one attached hydrogen (secondary N) is 2. The van der Waals surface area contributed by atoms with E-state index in [-0.39, 0.29) is 5.91 Å². The Bertz CT molecular complexity index is 726. The molecule has 1 aliphatic heterocycles. The van der Waals surface area contributed by atoms with Crippen LogP contribution in [-0.2, 0) is 11.3 Å². The van der Waals surface area contributed by atoms with Gasteiger partial charge in [0, 0.05) is 18.8 Å². The van der Waals surface area contributed by atoms with Crippen molar-refractivity contribution in [2.24, 2.45) is 5.92 Å². The van der Waals surface area contributed by atoms with E-state index >= 15 is 0 Å². The highest BCUT2D eigenvalue weighted by molar-refractivity contribution is 8.01. The molecule has 2 heterocycles. The molecular formula is C19H27N5OS2. The van der Waals surface area contributed by atoms with Gasteiger partial charge in [0.1, 0.15) is 0 Å². The van der Waals surface area contributed by atoms with Gasteiger partial charge < -0.3 is 10.6 Å². The number of likely N-dealkylation sites (tertiary alicyclic amines) is 1. The predicted octanol–water partition coefficient (Wildman–Crippen LogP) is 3.93. The first kappa shape index (κ1) is 20.1. The zero-order valence-corrected chi connectivity index (χ0v) is 17.5. The summed E-state index contributed by atoms with van der Waals surface area (Å²) >= 11 is 2.90. The van der Waals surface area contributed by atoms with Gasteiger partial charge in [-0.3, -0.25) is 9.69 Å². The van der Waals surface area contributed by atoms with Gasteiger partial charge in [-0.2, -0.15) is 0 Å². The molecule has 1 aliphatic rings. The van der Waals surface area contributed by atoms with Crippen molar-refractivity contribution in [2.75, 3.05) is 36.0 Å². The third kappa shape index (κ3) is 6.79. The highest BCUT2D eigenvalue weighted by atomic mass is 32.2. The second kappa shape index (κ2) is 10.1. The number of amides is 1. The lowest BCUT2D eigenvalue weighted by atomic mass is 10.2. The van der Waals surface area contributed by atoms with E-state index in [2.05, 4.69) is 51.7 Å². The fraction of sp³-hybridized carbons (Fsp3) is 0.526. The molecule has 146 valence electrons. The lowest BCUT2D eigenvalue weighted by molar-refractivity contribution is -0.113. The summed E-state index contributed by atoms with van der Waals surface area (Å²) in [5, 5.41) is 15.2. The van der Waals surface area contributed by atoms with Crippen LogP contribution in [0, 0.1) is 5.92 Å². The molecule has 2 N–H and O–H groups in total. The number of carbonyl (C=O) groups excluding carboxylic acids is 1. The fourth-order valence-electron chi connectivity index (χ4n) is 2.85. The molecule has 1 amide bonds. The summed E-state index contributed by atoms with van der Waals surface area (Å²) in [4.78, 5) is 14.6. The zero-order chi connectivity index (χ0) is 19.1. The second-order valence-electron chi connectivity index (χ2n) is 7.16. The first-order valence-corrected chi connectivity index (χ1v) is 11.2. The van der Waals surface area contributed by atoms with Crippen LogP contribution < -0.4 is 10.6 Å². The van der Waals surface area contributed by atoms with Gasteiger partial charge in [0.25, 0.3) is 0 Å². The maximum atomic E-state index is 12.2. The third-order valence-corrected chi connectivity index (χ3v) is 6.25. The van der Waals surface area contributed by atoms with Crippen LogP contribution in [-0.4, -0.2) is 46.4 Å². The van der Waals surface area contributed by atoms with Crippen molar-refractivity contribution in [3.8, 4) is 0 Å². The number of nitrogens with zero attached hydrogens (tertiary/aromatic N) is 3. The summed E-state index contributed by atoms with van der Waals surface area (Å²) in [7, 11) is 0. The first-order valence-electron chi connectivity index (χ1n) is 9.40.